The molecule has 2 aromatic rings. The molecule has 156 valence electrons. The van der Waals surface area contributed by atoms with E-state index in [1.165, 1.54) is 25.3 Å². The maximum atomic E-state index is 12.8. The van der Waals surface area contributed by atoms with E-state index in [-0.39, 0.29) is 29.5 Å². The number of hydrogen-bond acceptors (Lipinski definition) is 5. The zero-order chi connectivity index (χ0) is 20.9. The van der Waals surface area contributed by atoms with E-state index in [2.05, 4.69) is 4.72 Å². The highest BCUT2D eigenvalue weighted by Gasteiger charge is 2.25. The third-order valence-corrected chi connectivity index (χ3v) is 6.22. The average Bonchev–Trinajstić information content (AvgIpc) is 3.25. The zero-order valence-electron chi connectivity index (χ0n) is 16.7. The minimum absolute atomic E-state index is 0.0244. The molecule has 7 nitrogen and oxygen atoms in total. The number of amides is 1. The van der Waals surface area contributed by atoms with Crippen molar-refractivity contribution in [1.29, 1.82) is 0 Å². The summed E-state index contributed by atoms with van der Waals surface area (Å²) in [5.74, 6) is 0.843. The molecular formula is C21H26N2O5S. The van der Waals surface area contributed by atoms with Gasteiger partial charge in [0.2, 0.25) is 10.0 Å². The van der Waals surface area contributed by atoms with Gasteiger partial charge in [-0.3, -0.25) is 4.79 Å². The number of hydrogen-bond donors (Lipinski definition) is 1. The molecule has 0 saturated carbocycles. The lowest BCUT2D eigenvalue weighted by Gasteiger charge is -2.18. The predicted molar refractivity (Wildman–Crippen MR) is 110 cm³/mol. The molecule has 3 rings (SSSR count). The highest BCUT2D eigenvalue weighted by Crippen LogP contribution is 2.25. The first-order valence-electron chi connectivity index (χ1n) is 9.57. The van der Waals surface area contributed by atoms with E-state index >= 15 is 0 Å². The second-order valence-corrected chi connectivity index (χ2v) is 8.69. The number of nitrogens with zero attached hydrogens (tertiary/aromatic N) is 1. The van der Waals surface area contributed by atoms with Crippen LogP contribution in [-0.4, -0.2) is 52.6 Å². The zero-order valence-corrected chi connectivity index (χ0v) is 17.5. The highest BCUT2D eigenvalue weighted by molar-refractivity contribution is 7.89. The molecular weight excluding hydrogens is 392 g/mol. The van der Waals surface area contributed by atoms with Gasteiger partial charge in [0.15, 0.2) is 0 Å². The molecule has 0 unspecified atom stereocenters. The third kappa shape index (κ3) is 5.27. The molecule has 1 heterocycles. The number of aryl methyl sites for hydroxylation is 1. The van der Waals surface area contributed by atoms with E-state index < -0.39 is 10.0 Å². The predicted octanol–water partition coefficient (Wildman–Crippen LogP) is 2.60. The Hall–Kier alpha value is -2.58. The quantitative estimate of drug-likeness (QED) is 0.666. The maximum absolute atomic E-state index is 12.8. The second kappa shape index (κ2) is 9.28. The molecule has 1 fully saturated rings. The summed E-state index contributed by atoms with van der Waals surface area (Å²) in [4.78, 5) is 14.5. The van der Waals surface area contributed by atoms with E-state index in [1.54, 1.807) is 4.90 Å². The van der Waals surface area contributed by atoms with Crippen LogP contribution in [0.5, 0.6) is 11.5 Å². The van der Waals surface area contributed by atoms with Crippen molar-refractivity contribution in [2.24, 2.45) is 0 Å². The number of ether oxygens (including phenoxy) is 2. The molecule has 2 aromatic carbocycles. The Kier molecular flexibility index (Phi) is 6.76. The standard InChI is InChI=1S/C21H26N2O5S/c1-16-6-5-7-17(14-16)28-13-10-22-29(25,26)18-8-9-20(27-2)19(15-18)21(24)23-11-3-4-12-23/h5-9,14-15,22H,3-4,10-13H2,1-2H3. The number of sulfonamides is 1. The van der Waals surface area contributed by atoms with E-state index in [0.29, 0.717) is 24.6 Å². The number of likely N-dealkylation sites (tertiary alicyclic amines) is 1. The number of carbonyl (C=O) groups is 1. The molecule has 29 heavy (non-hydrogen) atoms. The molecule has 1 aliphatic rings. The van der Waals surface area contributed by atoms with Crippen molar-refractivity contribution in [3.63, 3.8) is 0 Å². The van der Waals surface area contributed by atoms with Crippen LogP contribution in [0.2, 0.25) is 0 Å². The Labute approximate surface area is 171 Å². The van der Waals surface area contributed by atoms with E-state index in [9.17, 15) is 13.2 Å². The summed E-state index contributed by atoms with van der Waals surface area (Å²) < 4.78 is 38.7. The first kappa shape index (κ1) is 21.1. The van der Waals surface area contributed by atoms with Crippen LogP contribution in [-0.2, 0) is 10.0 Å². The van der Waals surface area contributed by atoms with Crippen molar-refractivity contribution in [3.8, 4) is 11.5 Å². The fourth-order valence-corrected chi connectivity index (χ4v) is 4.28. The van der Waals surface area contributed by atoms with Crippen LogP contribution in [0.15, 0.2) is 47.4 Å². The van der Waals surface area contributed by atoms with Gasteiger partial charge in [-0.1, -0.05) is 12.1 Å². The summed E-state index contributed by atoms with van der Waals surface area (Å²) in [5, 5.41) is 0. The molecule has 0 aromatic heterocycles. The summed E-state index contributed by atoms with van der Waals surface area (Å²) in [5.41, 5.74) is 1.32. The van der Waals surface area contributed by atoms with Crippen molar-refractivity contribution in [1.82, 2.24) is 9.62 Å². The molecule has 1 aliphatic heterocycles. The van der Waals surface area contributed by atoms with Crippen LogP contribution in [0.1, 0.15) is 28.8 Å². The number of methoxy groups -OCH3 is 1. The second-order valence-electron chi connectivity index (χ2n) is 6.92. The maximum Gasteiger partial charge on any atom is 0.257 e. The molecule has 0 atom stereocenters. The minimum atomic E-state index is -3.78. The molecule has 0 bridgehead atoms. The fourth-order valence-electron chi connectivity index (χ4n) is 3.25. The van der Waals surface area contributed by atoms with E-state index in [0.717, 1.165) is 18.4 Å². The Bertz CT molecular complexity index is 969. The van der Waals surface area contributed by atoms with E-state index in [1.807, 2.05) is 31.2 Å². The van der Waals surface area contributed by atoms with Crippen LogP contribution in [0.3, 0.4) is 0 Å². The fraction of sp³-hybridized carbons (Fsp3) is 0.381. The van der Waals surface area contributed by atoms with Crippen LogP contribution in [0.25, 0.3) is 0 Å². The van der Waals surface area contributed by atoms with Crippen molar-refractivity contribution in [2.75, 3.05) is 33.4 Å². The van der Waals surface area contributed by atoms with Gasteiger partial charge >= 0.3 is 0 Å². The summed E-state index contributed by atoms with van der Waals surface area (Å²) in [6, 6.07) is 11.9. The van der Waals surface area contributed by atoms with Crippen LogP contribution >= 0.6 is 0 Å². The molecule has 1 N–H and O–H groups in total. The summed E-state index contributed by atoms with van der Waals surface area (Å²) in [6.07, 6.45) is 1.91. The largest absolute Gasteiger partial charge is 0.496 e. The van der Waals surface area contributed by atoms with Crippen molar-refractivity contribution in [3.05, 3.63) is 53.6 Å². The lowest BCUT2D eigenvalue weighted by atomic mass is 10.1. The molecule has 1 amide bonds. The number of benzene rings is 2. The summed E-state index contributed by atoms with van der Waals surface area (Å²) in [6.45, 7) is 3.61. The van der Waals surface area contributed by atoms with Crippen LogP contribution < -0.4 is 14.2 Å². The average molecular weight is 419 g/mol. The van der Waals surface area contributed by atoms with Gasteiger partial charge in [0.25, 0.3) is 5.91 Å². The molecule has 0 radical (unpaired) electrons. The Morgan fingerprint density at radius 2 is 1.90 bits per heavy atom. The molecule has 0 aliphatic carbocycles. The monoisotopic (exact) mass is 418 g/mol. The topological polar surface area (TPSA) is 84.9 Å². The highest BCUT2D eigenvalue weighted by atomic mass is 32.2. The van der Waals surface area contributed by atoms with E-state index in [4.69, 9.17) is 9.47 Å². The Morgan fingerprint density at radius 1 is 1.14 bits per heavy atom. The molecule has 0 spiro atoms. The Balaban J connectivity index is 1.67. The first-order chi connectivity index (χ1) is 13.9. The minimum Gasteiger partial charge on any atom is -0.496 e. The summed E-state index contributed by atoms with van der Waals surface area (Å²) in [7, 11) is -2.32. The molecule has 8 heteroatoms. The third-order valence-electron chi connectivity index (χ3n) is 4.76. The van der Waals surface area contributed by atoms with Gasteiger partial charge in [-0.2, -0.15) is 0 Å². The lowest BCUT2D eigenvalue weighted by molar-refractivity contribution is 0.0789. The van der Waals surface area contributed by atoms with Crippen LogP contribution in [0.4, 0.5) is 0 Å². The summed E-state index contributed by atoms with van der Waals surface area (Å²) >= 11 is 0. The normalized spacial score (nSPS) is 14.1. The SMILES string of the molecule is COc1ccc(S(=O)(=O)NCCOc2cccc(C)c2)cc1C(=O)N1CCCC1. The Morgan fingerprint density at radius 3 is 2.59 bits per heavy atom. The van der Waals surface area contributed by atoms with Crippen molar-refractivity contribution in [2.45, 2.75) is 24.7 Å². The van der Waals surface area contributed by atoms with Gasteiger partial charge in [0, 0.05) is 19.6 Å². The molecule has 1 saturated heterocycles. The number of carbonyl (C=O) groups excluding carboxylic acids is 1. The van der Waals surface area contributed by atoms with Crippen molar-refractivity contribution < 1.29 is 22.7 Å². The van der Waals surface area contributed by atoms with Crippen molar-refractivity contribution >= 4 is 15.9 Å². The smallest absolute Gasteiger partial charge is 0.257 e. The van der Waals surface area contributed by atoms with Gasteiger partial charge in [-0.15, -0.1) is 0 Å². The van der Waals surface area contributed by atoms with Gasteiger partial charge in [-0.05, 0) is 55.7 Å². The lowest BCUT2D eigenvalue weighted by Crippen LogP contribution is -2.30. The first-order valence-corrected chi connectivity index (χ1v) is 11.1. The van der Waals surface area contributed by atoms with Gasteiger partial charge < -0.3 is 14.4 Å². The van der Waals surface area contributed by atoms with Crippen LogP contribution in [0, 0.1) is 6.92 Å². The number of rotatable bonds is 8. The van der Waals surface area contributed by atoms with Gasteiger partial charge in [0.1, 0.15) is 18.1 Å². The number of nitrogens with one attached hydrogen (secondary N) is 1. The van der Waals surface area contributed by atoms with Gasteiger partial charge in [-0.25, -0.2) is 13.1 Å². The van der Waals surface area contributed by atoms with Gasteiger partial charge in [0.05, 0.1) is 17.6 Å².